The molecule has 1 aromatic carbocycles. The van der Waals surface area contributed by atoms with Gasteiger partial charge >= 0.3 is 0 Å². The molecule has 0 unspecified atom stereocenters. The second-order valence-electron chi connectivity index (χ2n) is 7.61. The first kappa shape index (κ1) is 18.6. The van der Waals surface area contributed by atoms with Gasteiger partial charge in [-0.3, -0.25) is 14.5 Å². The van der Waals surface area contributed by atoms with Gasteiger partial charge in [0.15, 0.2) is 0 Å². The van der Waals surface area contributed by atoms with E-state index in [0.717, 1.165) is 25.7 Å². The van der Waals surface area contributed by atoms with Crippen LogP contribution in [0.4, 0.5) is 0 Å². The molecule has 0 radical (unpaired) electrons. The zero-order valence-corrected chi connectivity index (χ0v) is 16.0. The molecule has 1 saturated carbocycles. The summed E-state index contributed by atoms with van der Waals surface area (Å²) in [4.78, 5) is 26.8. The van der Waals surface area contributed by atoms with Crippen LogP contribution in [-0.2, 0) is 30.9 Å². The van der Waals surface area contributed by atoms with Gasteiger partial charge in [0.25, 0.3) is 0 Å². The quantitative estimate of drug-likeness (QED) is 0.726. The fraction of sp³-hybridized carbons (Fsp3) is 0.579. The van der Waals surface area contributed by atoms with Crippen LogP contribution < -0.4 is 0 Å². The molecule has 4 rings (SSSR count). The molecule has 2 aliphatic heterocycles. The van der Waals surface area contributed by atoms with Gasteiger partial charge in [-0.1, -0.05) is 25.0 Å². The summed E-state index contributed by atoms with van der Waals surface area (Å²) in [5, 5.41) is 0. The molecule has 146 valence electrons. The van der Waals surface area contributed by atoms with E-state index in [0.29, 0.717) is 31.9 Å². The Morgan fingerprint density at radius 3 is 2.48 bits per heavy atom. The number of nitrogens with zero attached hydrogens (tertiary/aromatic N) is 2. The van der Waals surface area contributed by atoms with Crippen molar-refractivity contribution in [3.63, 3.8) is 0 Å². The Labute approximate surface area is 159 Å². The molecule has 0 N–H and O–H groups in total. The van der Waals surface area contributed by atoms with Crippen molar-refractivity contribution in [2.75, 3.05) is 26.3 Å². The van der Waals surface area contributed by atoms with Crippen LogP contribution in [0.5, 0.6) is 0 Å². The summed E-state index contributed by atoms with van der Waals surface area (Å²) in [5.74, 6) is -0.241. The van der Waals surface area contributed by atoms with Crippen molar-refractivity contribution in [2.24, 2.45) is 5.41 Å². The number of hydrogen-bond acceptors (Lipinski definition) is 5. The molecule has 2 heterocycles. The van der Waals surface area contributed by atoms with Gasteiger partial charge in [0.1, 0.15) is 0 Å². The van der Waals surface area contributed by atoms with E-state index in [9.17, 15) is 18.0 Å². The average molecular weight is 392 g/mol. The van der Waals surface area contributed by atoms with Crippen molar-refractivity contribution in [3.8, 4) is 0 Å². The maximum absolute atomic E-state index is 12.8. The van der Waals surface area contributed by atoms with Crippen LogP contribution >= 0.6 is 0 Å². The number of carbonyl (C=O) groups excluding carboxylic acids is 2. The van der Waals surface area contributed by atoms with E-state index < -0.39 is 15.4 Å². The Hall–Kier alpha value is -1.77. The molecule has 0 atom stereocenters. The summed E-state index contributed by atoms with van der Waals surface area (Å²) < 4.78 is 32.3. The van der Waals surface area contributed by atoms with Crippen LogP contribution in [0.15, 0.2) is 29.2 Å². The van der Waals surface area contributed by atoms with E-state index in [-0.39, 0.29) is 29.7 Å². The smallest absolute Gasteiger partial charge is 0.243 e. The Morgan fingerprint density at radius 1 is 1.07 bits per heavy atom. The standard InChI is InChI=1S/C19H24N2O5S/c22-17-13-19(6-1-2-7-19)18(23)21(17)14-15-4-3-5-16(12-15)27(24,25)20-8-10-26-11-9-20/h3-5,12H,1-2,6-11,13-14H2. The van der Waals surface area contributed by atoms with E-state index in [2.05, 4.69) is 0 Å². The molecule has 7 nitrogen and oxygen atoms in total. The highest BCUT2D eigenvalue weighted by atomic mass is 32.2. The van der Waals surface area contributed by atoms with Gasteiger partial charge in [-0.25, -0.2) is 8.42 Å². The zero-order valence-electron chi connectivity index (χ0n) is 15.2. The van der Waals surface area contributed by atoms with Crippen molar-refractivity contribution < 1.29 is 22.7 Å². The molecule has 0 bridgehead atoms. The van der Waals surface area contributed by atoms with Gasteiger partial charge in [-0.05, 0) is 30.5 Å². The summed E-state index contributed by atoms with van der Waals surface area (Å²) in [7, 11) is -3.60. The Kier molecular flexibility index (Phi) is 4.82. The highest BCUT2D eigenvalue weighted by Gasteiger charge is 2.52. The number of imide groups is 1. The minimum Gasteiger partial charge on any atom is -0.379 e. The van der Waals surface area contributed by atoms with Gasteiger partial charge in [0, 0.05) is 19.5 Å². The number of benzene rings is 1. The van der Waals surface area contributed by atoms with E-state index in [1.807, 2.05) is 0 Å². The predicted octanol–water partition coefficient (Wildman–Crippen LogP) is 1.53. The summed E-state index contributed by atoms with van der Waals surface area (Å²) in [6, 6.07) is 6.56. The minimum atomic E-state index is -3.60. The monoisotopic (exact) mass is 392 g/mol. The van der Waals surface area contributed by atoms with Gasteiger partial charge < -0.3 is 4.74 Å². The maximum Gasteiger partial charge on any atom is 0.243 e. The molecule has 0 aromatic heterocycles. The normalized spacial score (nSPS) is 23.5. The Bertz CT molecular complexity index is 855. The van der Waals surface area contributed by atoms with Crippen LogP contribution in [0, 0.1) is 5.41 Å². The van der Waals surface area contributed by atoms with E-state index >= 15 is 0 Å². The Morgan fingerprint density at radius 2 is 1.78 bits per heavy atom. The lowest BCUT2D eigenvalue weighted by Crippen LogP contribution is -2.40. The number of carbonyl (C=O) groups is 2. The molecule has 27 heavy (non-hydrogen) atoms. The number of likely N-dealkylation sites (tertiary alicyclic amines) is 1. The van der Waals surface area contributed by atoms with Crippen LogP contribution in [0.2, 0.25) is 0 Å². The first-order valence-electron chi connectivity index (χ1n) is 9.44. The highest BCUT2D eigenvalue weighted by molar-refractivity contribution is 7.89. The lowest BCUT2D eigenvalue weighted by atomic mass is 9.84. The third-order valence-corrected chi connectivity index (χ3v) is 7.79. The largest absolute Gasteiger partial charge is 0.379 e. The number of ether oxygens (including phenoxy) is 1. The molecular weight excluding hydrogens is 368 g/mol. The SMILES string of the molecule is O=C1CC2(CCCC2)C(=O)N1Cc1cccc(S(=O)(=O)N2CCOCC2)c1. The predicted molar refractivity (Wildman–Crippen MR) is 97.1 cm³/mol. The third kappa shape index (κ3) is 3.30. The fourth-order valence-corrected chi connectivity index (χ4v) is 5.86. The lowest BCUT2D eigenvalue weighted by Gasteiger charge is -2.26. The van der Waals surface area contributed by atoms with Crippen LogP contribution in [0.25, 0.3) is 0 Å². The number of sulfonamides is 1. The summed E-state index contributed by atoms with van der Waals surface area (Å²) >= 11 is 0. The van der Waals surface area contributed by atoms with Crippen LogP contribution in [0.3, 0.4) is 0 Å². The zero-order chi connectivity index (χ0) is 19.1. The molecule has 2 saturated heterocycles. The van der Waals surface area contributed by atoms with E-state index in [4.69, 9.17) is 4.74 Å². The van der Waals surface area contributed by atoms with E-state index in [1.54, 1.807) is 24.3 Å². The number of amides is 2. The molecule has 1 aliphatic carbocycles. The summed E-state index contributed by atoms with van der Waals surface area (Å²) in [5.41, 5.74) is 0.148. The number of rotatable bonds is 4. The Balaban J connectivity index is 1.55. The van der Waals surface area contributed by atoms with Crippen molar-refractivity contribution >= 4 is 21.8 Å². The van der Waals surface area contributed by atoms with E-state index in [1.165, 1.54) is 9.21 Å². The highest BCUT2D eigenvalue weighted by Crippen LogP contribution is 2.47. The fourth-order valence-electron chi connectivity index (χ4n) is 4.39. The molecular formula is C19H24N2O5S. The van der Waals surface area contributed by atoms with Gasteiger partial charge in [-0.2, -0.15) is 4.31 Å². The maximum atomic E-state index is 12.8. The van der Waals surface area contributed by atoms with Crippen molar-refractivity contribution in [1.29, 1.82) is 0 Å². The lowest BCUT2D eigenvalue weighted by molar-refractivity contribution is -0.142. The first-order valence-corrected chi connectivity index (χ1v) is 10.9. The van der Waals surface area contributed by atoms with Gasteiger partial charge in [-0.15, -0.1) is 0 Å². The van der Waals surface area contributed by atoms with Crippen molar-refractivity contribution in [1.82, 2.24) is 9.21 Å². The second-order valence-corrected chi connectivity index (χ2v) is 9.55. The minimum absolute atomic E-state index is 0.0913. The van der Waals surface area contributed by atoms with Gasteiger partial charge in [0.2, 0.25) is 21.8 Å². The molecule has 2 amide bonds. The molecule has 1 aromatic rings. The summed E-state index contributed by atoms with van der Waals surface area (Å²) in [6.07, 6.45) is 3.82. The molecule has 3 aliphatic rings. The number of morpholine rings is 1. The number of hydrogen-bond donors (Lipinski definition) is 0. The first-order chi connectivity index (χ1) is 12.9. The van der Waals surface area contributed by atoms with Crippen LogP contribution in [0.1, 0.15) is 37.7 Å². The third-order valence-electron chi connectivity index (χ3n) is 5.90. The van der Waals surface area contributed by atoms with Crippen molar-refractivity contribution in [2.45, 2.75) is 43.5 Å². The molecule has 8 heteroatoms. The van der Waals surface area contributed by atoms with Crippen molar-refractivity contribution in [3.05, 3.63) is 29.8 Å². The summed E-state index contributed by atoms with van der Waals surface area (Å²) in [6.45, 7) is 1.57. The topological polar surface area (TPSA) is 84.0 Å². The second kappa shape index (κ2) is 7.00. The van der Waals surface area contributed by atoms with Crippen LogP contribution in [-0.4, -0.2) is 55.7 Å². The average Bonchev–Trinajstić information content (AvgIpc) is 3.24. The molecule has 1 spiro atoms. The molecule has 3 fully saturated rings. The van der Waals surface area contributed by atoms with Gasteiger partial charge in [0.05, 0.1) is 30.1 Å².